The first-order valence-electron chi connectivity index (χ1n) is 6.98. The fourth-order valence-corrected chi connectivity index (χ4v) is 4.68. The van der Waals surface area contributed by atoms with Crippen LogP contribution in [0.4, 0.5) is 0 Å². The molecule has 120 valence electrons. The quantitative estimate of drug-likeness (QED) is 0.636. The summed E-state index contributed by atoms with van der Waals surface area (Å²) >= 11 is 0. The molecule has 7 nitrogen and oxygen atoms in total. The molecule has 1 aliphatic heterocycles. The number of piperazine rings is 1. The molecule has 0 aromatic rings. The predicted molar refractivity (Wildman–Crippen MR) is 79.6 cm³/mol. The zero-order chi connectivity index (χ0) is 15.2. The van der Waals surface area contributed by atoms with Gasteiger partial charge in [-0.05, 0) is 13.0 Å². The molecule has 20 heavy (non-hydrogen) atoms. The van der Waals surface area contributed by atoms with Crippen LogP contribution in [0.15, 0.2) is 0 Å². The summed E-state index contributed by atoms with van der Waals surface area (Å²) in [7, 11) is -6.71. The van der Waals surface area contributed by atoms with Gasteiger partial charge >= 0.3 is 0 Å². The fraction of sp³-hybridized carbons (Fsp3) is 1.00. The van der Waals surface area contributed by atoms with Gasteiger partial charge in [0.05, 0.1) is 11.5 Å². The normalized spacial score (nSPS) is 19.3. The van der Waals surface area contributed by atoms with Gasteiger partial charge in [0.15, 0.2) is 0 Å². The number of nitrogens with zero attached hydrogens (tertiary/aromatic N) is 2. The summed E-state index contributed by atoms with van der Waals surface area (Å²) < 4.78 is 50.9. The summed E-state index contributed by atoms with van der Waals surface area (Å²) in [5.74, 6) is -0.149. The van der Waals surface area contributed by atoms with E-state index in [4.69, 9.17) is 0 Å². The molecule has 1 fully saturated rings. The Morgan fingerprint density at radius 2 is 1.55 bits per heavy atom. The molecule has 0 spiro atoms. The van der Waals surface area contributed by atoms with Gasteiger partial charge in [0.2, 0.25) is 20.0 Å². The standard InChI is InChI=1S/C11H25N3O4S2/c1-3-10-19(15,16)12-5-11-20(17,18)14-8-6-13(4-2)7-9-14/h12H,3-11H2,1-2H3. The number of hydrogen-bond acceptors (Lipinski definition) is 5. The van der Waals surface area contributed by atoms with Crippen LogP contribution in [0.5, 0.6) is 0 Å². The van der Waals surface area contributed by atoms with Crippen LogP contribution < -0.4 is 4.72 Å². The zero-order valence-corrected chi connectivity index (χ0v) is 13.8. The van der Waals surface area contributed by atoms with E-state index in [2.05, 4.69) is 9.62 Å². The smallest absolute Gasteiger partial charge is 0.215 e. The highest BCUT2D eigenvalue weighted by atomic mass is 32.2. The van der Waals surface area contributed by atoms with Crippen molar-refractivity contribution in [2.75, 3.05) is 50.8 Å². The number of rotatable bonds is 8. The molecule has 0 amide bonds. The predicted octanol–water partition coefficient (Wildman–Crippen LogP) is -0.717. The lowest BCUT2D eigenvalue weighted by molar-refractivity contribution is 0.196. The monoisotopic (exact) mass is 327 g/mol. The zero-order valence-electron chi connectivity index (χ0n) is 12.2. The average molecular weight is 327 g/mol. The molecular weight excluding hydrogens is 302 g/mol. The van der Waals surface area contributed by atoms with Crippen LogP contribution in [0, 0.1) is 0 Å². The van der Waals surface area contributed by atoms with Crippen molar-refractivity contribution in [2.24, 2.45) is 0 Å². The van der Waals surface area contributed by atoms with Gasteiger partial charge in [-0.25, -0.2) is 21.6 Å². The van der Waals surface area contributed by atoms with Gasteiger partial charge in [-0.2, -0.15) is 4.31 Å². The van der Waals surface area contributed by atoms with Gasteiger partial charge in [-0.1, -0.05) is 13.8 Å². The molecule has 0 unspecified atom stereocenters. The van der Waals surface area contributed by atoms with Crippen molar-refractivity contribution in [1.82, 2.24) is 13.9 Å². The SMILES string of the molecule is CCCS(=O)(=O)NCCS(=O)(=O)N1CCN(CC)CC1. The summed E-state index contributed by atoms with van der Waals surface area (Å²) in [5, 5.41) is 0. The van der Waals surface area contributed by atoms with E-state index in [1.54, 1.807) is 6.92 Å². The molecule has 0 atom stereocenters. The van der Waals surface area contributed by atoms with Crippen molar-refractivity contribution in [2.45, 2.75) is 20.3 Å². The number of likely N-dealkylation sites (N-methyl/N-ethyl adjacent to an activating group) is 1. The van der Waals surface area contributed by atoms with E-state index in [0.717, 1.165) is 19.6 Å². The van der Waals surface area contributed by atoms with Crippen LogP contribution >= 0.6 is 0 Å². The van der Waals surface area contributed by atoms with Gasteiger partial charge in [-0.15, -0.1) is 0 Å². The number of sulfonamides is 2. The third-order valence-corrected chi connectivity index (χ3v) is 6.79. The van der Waals surface area contributed by atoms with Crippen molar-refractivity contribution < 1.29 is 16.8 Å². The molecule has 0 aliphatic carbocycles. The summed E-state index contributed by atoms with van der Waals surface area (Å²) in [6.45, 7) is 7.11. The second-order valence-electron chi connectivity index (χ2n) is 4.86. The van der Waals surface area contributed by atoms with Crippen LogP contribution in [-0.2, 0) is 20.0 Å². The summed E-state index contributed by atoms with van der Waals surface area (Å²) in [5.41, 5.74) is 0. The van der Waals surface area contributed by atoms with E-state index in [0.29, 0.717) is 19.5 Å². The summed E-state index contributed by atoms with van der Waals surface area (Å²) in [6, 6.07) is 0. The van der Waals surface area contributed by atoms with E-state index in [9.17, 15) is 16.8 Å². The third kappa shape index (κ3) is 5.65. The van der Waals surface area contributed by atoms with Gasteiger partial charge in [0.25, 0.3) is 0 Å². The Morgan fingerprint density at radius 3 is 2.05 bits per heavy atom. The lowest BCUT2D eigenvalue weighted by atomic mass is 10.4. The Balaban J connectivity index is 2.43. The minimum atomic E-state index is -3.37. The molecule has 0 saturated carbocycles. The first-order chi connectivity index (χ1) is 9.30. The summed E-state index contributed by atoms with van der Waals surface area (Å²) in [6.07, 6.45) is 0.515. The van der Waals surface area contributed by atoms with Crippen LogP contribution in [0.25, 0.3) is 0 Å². The number of hydrogen-bond donors (Lipinski definition) is 1. The van der Waals surface area contributed by atoms with Gasteiger partial charge in [-0.3, -0.25) is 0 Å². The molecule has 0 bridgehead atoms. The maximum absolute atomic E-state index is 12.1. The Labute approximate surface area is 122 Å². The highest BCUT2D eigenvalue weighted by molar-refractivity contribution is 7.90. The first-order valence-corrected chi connectivity index (χ1v) is 10.2. The second kappa shape index (κ2) is 7.69. The lowest BCUT2D eigenvalue weighted by Gasteiger charge is -2.33. The molecule has 1 heterocycles. The van der Waals surface area contributed by atoms with Crippen molar-refractivity contribution in [1.29, 1.82) is 0 Å². The Kier molecular flexibility index (Phi) is 6.86. The van der Waals surface area contributed by atoms with E-state index < -0.39 is 20.0 Å². The molecule has 0 aromatic carbocycles. The highest BCUT2D eigenvalue weighted by Crippen LogP contribution is 2.07. The van der Waals surface area contributed by atoms with Crippen molar-refractivity contribution in [3.05, 3.63) is 0 Å². The van der Waals surface area contributed by atoms with Crippen LogP contribution in [0.1, 0.15) is 20.3 Å². The minimum absolute atomic E-state index is 0.0300. The first kappa shape index (κ1) is 17.8. The van der Waals surface area contributed by atoms with E-state index >= 15 is 0 Å². The molecule has 9 heteroatoms. The molecule has 0 aromatic heterocycles. The van der Waals surface area contributed by atoms with E-state index in [1.165, 1.54) is 4.31 Å². The second-order valence-corrected chi connectivity index (χ2v) is 8.88. The molecule has 0 radical (unpaired) electrons. The molecular formula is C11H25N3O4S2. The minimum Gasteiger partial charge on any atom is -0.301 e. The Morgan fingerprint density at radius 1 is 0.950 bits per heavy atom. The van der Waals surface area contributed by atoms with Crippen LogP contribution in [0.2, 0.25) is 0 Å². The van der Waals surface area contributed by atoms with E-state index in [1.807, 2.05) is 6.92 Å². The van der Waals surface area contributed by atoms with Crippen LogP contribution in [0.3, 0.4) is 0 Å². The fourth-order valence-electron chi connectivity index (χ4n) is 2.12. The van der Waals surface area contributed by atoms with Gasteiger partial charge in [0.1, 0.15) is 0 Å². The molecule has 1 aliphatic rings. The van der Waals surface area contributed by atoms with Crippen molar-refractivity contribution >= 4 is 20.0 Å². The Hall–Kier alpha value is -0.220. The van der Waals surface area contributed by atoms with Gasteiger partial charge in [0, 0.05) is 32.7 Å². The Bertz CT molecular complexity index is 482. The lowest BCUT2D eigenvalue weighted by Crippen LogP contribution is -2.49. The maximum Gasteiger partial charge on any atom is 0.215 e. The average Bonchev–Trinajstić information content (AvgIpc) is 2.38. The third-order valence-electron chi connectivity index (χ3n) is 3.33. The number of nitrogens with one attached hydrogen (secondary N) is 1. The van der Waals surface area contributed by atoms with Crippen molar-refractivity contribution in [3.8, 4) is 0 Å². The summed E-state index contributed by atoms with van der Waals surface area (Å²) in [4.78, 5) is 2.19. The van der Waals surface area contributed by atoms with Crippen LogP contribution in [-0.4, -0.2) is 76.8 Å². The maximum atomic E-state index is 12.1. The topological polar surface area (TPSA) is 86.8 Å². The van der Waals surface area contributed by atoms with Gasteiger partial charge < -0.3 is 4.90 Å². The molecule has 1 rings (SSSR count). The van der Waals surface area contributed by atoms with E-state index in [-0.39, 0.29) is 18.1 Å². The van der Waals surface area contributed by atoms with Crippen molar-refractivity contribution in [3.63, 3.8) is 0 Å². The molecule has 1 N–H and O–H groups in total. The largest absolute Gasteiger partial charge is 0.301 e. The molecule has 1 saturated heterocycles. The highest BCUT2D eigenvalue weighted by Gasteiger charge is 2.26.